The molecule has 13 heteroatoms. The molecule has 0 aromatic heterocycles. The molecule has 0 heterocycles. The largest absolute Gasteiger partial charge is 0.487 e. The molecule has 1 atom stereocenters. The van der Waals surface area contributed by atoms with Crippen LogP contribution in [0.15, 0.2) is 53.5 Å². The summed E-state index contributed by atoms with van der Waals surface area (Å²) in [5.74, 6) is -5.45. The number of anilines is 1. The average molecular weight is 647 g/mol. The first-order chi connectivity index (χ1) is 19.1. The Labute approximate surface area is 243 Å². The Bertz CT molecular complexity index is 1250. The van der Waals surface area contributed by atoms with Crippen LogP contribution in [-0.2, 0) is 32.1 Å². The lowest BCUT2D eigenvalue weighted by atomic mass is 10.0. The van der Waals surface area contributed by atoms with Crippen molar-refractivity contribution in [3.05, 3.63) is 70.5 Å². The molecule has 0 aliphatic carbocycles. The number of hydrogen-bond acceptors (Lipinski definition) is 6. The number of rotatable bonds is 11. The van der Waals surface area contributed by atoms with Gasteiger partial charge in [0.25, 0.3) is 0 Å². The van der Waals surface area contributed by atoms with Gasteiger partial charge < -0.3 is 19.5 Å². The van der Waals surface area contributed by atoms with Crippen LogP contribution in [0.25, 0.3) is 0 Å². The normalized spacial score (nSPS) is 12.2. The fourth-order valence-corrected chi connectivity index (χ4v) is 4.17. The van der Waals surface area contributed by atoms with Crippen molar-refractivity contribution in [3.63, 3.8) is 0 Å². The molecule has 2 rings (SSSR count). The molecule has 1 unspecified atom stereocenters. The van der Waals surface area contributed by atoms with Crippen LogP contribution in [0.4, 0.5) is 28.0 Å². The number of esters is 1. The lowest BCUT2D eigenvalue weighted by molar-refractivity contribution is -0.171. The summed E-state index contributed by atoms with van der Waals surface area (Å²) in [7, 11) is 0.914. The molecule has 0 fully saturated rings. The first kappa shape index (κ1) is 33.6. The first-order valence-corrected chi connectivity index (χ1v) is 13.1. The Morgan fingerprint density at radius 2 is 1.78 bits per heavy atom. The van der Waals surface area contributed by atoms with Crippen LogP contribution in [0, 0.1) is 5.82 Å². The standard InChI is InChI=1S/C28H31BrF4N2O6/c1-6-10-18(34-26(38)41-27(2,3)4)13-19-20(29)14-21(40-16-17-11-8-7-9-12-17)24(23(19)30)35(15-22(36)39-5)25(37)28(31,32)33/h6-9,11-12,14,18H,1,10,13,15-16H2,2-5H3,(H,34,38). The summed E-state index contributed by atoms with van der Waals surface area (Å²) in [6.07, 6.45) is -4.92. The van der Waals surface area contributed by atoms with Gasteiger partial charge in [-0.2, -0.15) is 13.2 Å². The number of hydrogen-bond donors (Lipinski definition) is 1. The highest BCUT2D eigenvalue weighted by Gasteiger charge is 2.46. The Morgan fingerprint density at radius 1 is 1.15 bits per heavy atom. The number of nitrogens with one attached hydrogen (secondary N) is 1. The van der Waals surface area contributed by atoms with Gasteiger partial charge in [0.05, 0.1) is 7.11 Å². The highest BCUT2D eigenvalue weighted by Crippen LogP contribution is 2.40. The van der Waals surface area contributed by atoms with Crippen LogP contribution in [0.5, 0.6) is 5.75 Å². The molecule has 0 spiro atoms. The van der Waals surface area contributed by atoms with Crippen molar-refractivity contribution in [2.24, 2.45) is 0 Å². The van der Waals surface area contributed by atoms with Gasteiger partial charge in [0, 0.05) is 16.1 Å². The van der Waals surface area contributed by atoms with E-state index in [2.05, 4.69) is 32.6 Å². The summed E-state index contributed by atoms with van der Waals surface area (Å²) < 4.78 is 72.7. The number of methoxy groups -OCH3 is 1. The second kappa shape index (κ2) is 14.3. The molecule has 0 aliphatic heterocycles. The van der Waals surface area contributed by atoms with Gasteiger partial charge in [0.2, 0.25) is 0 Å². The van der Waals surface area contributed by atoms with E-state index in [1.165, 1.54) is 12.1 Å². The smallest absolute Gasteiger partial charge is 0.471 e. The van der Waals surface area contributed by atoms with E-state index in [4.69, 9.17) is 9.47 Å². The van der Waals surface area contributed by atoms with E-state index in [1.54, 1.807) is 51.1 Å². The van der Waals surface area contributed by atoms with Gasteiger partial charge in [0.15, 0.2) is 5.82 Å². The minimum Gasteiger partial charge on any atom is -0.487 e. The third kappa shape index (κ3) is 10.1. The van der Waals surface area contributed by atoms with Crippen LogP contribution in [-0.4, -0.2) is 49.4 Å². The SMILES string of the molecule is C=CCC(Cc1c(Br)cc(OCc2ccccc2)c(N(CC(=O)OC)C(=O)C(F)(F)F)c1F)NC(=O)OC(C)(C)C. The van der Waals surface area contributed by atoms with E-state index in [1.807, 2.05) is 0 Å². The van der Waals surface area contributed by atoms with Crippen molar-refractivity contribution in [2.75, 3.05) is 18.6 Å². The maximum absolute atomic E-state index is 16.3. The lowest BCUT2D eigenvalue weighted by Crippen LogP contribution is -2.45. The summed E-state index contributed by atoms with van der Waals surface area (Å²) in [6, 6.07) is 8.89. The third-order valence-electron chi connectivity index (χ3n) is 5.38. The number of amides is 2. The van der Waals surface area contributed by atoms with E-state index >= 15 is 4.39 Å². The summed E-state index contributed by atoms with van der Waals surface area (Å²) in [5.41, 5.74) is -1.33. The maximum atomic E-state index is 16.3. The molecule has 2 aromatic carbocycles. The molecule has 0 saturated heterocycles. The van der Waals surface area contributed by atoms with E-state index in [-0.39, 0.29) is 34.4 Å². The van der Waals surface area contributed by atoms with Gasteiger partial charge >= 0.3 is 24.1 Å². The van der Waals surface area contributed by atoms with Crippen LogP contribution >= 0.6 is 15.9 Å². The van der Waals surface area contributed by atoms with Crippen molar-refractivity contribution in [1.82, 2.24) is 5.32 Å². The molecular weight excluding hydrogens is 616 g/mol. The topological polar surface area (TPSA) is 94.2 Å². The van der Waals surface area contributed by atoms with Crippen molar-refractivity contribution in [2.45, 2.75) is 58.0 Å². The number of ether oxygens (including phenoxy) is 3. The minimum absolute atomic E-state index is 0.0682. The molecule has 8 nitrogen and oxygen atoms in total. The number of alkyl carbamates (subject to hydrolysis) is 1. The van der Waals surface area contributed by atoms with Gasteiger partial charge in [-0.15, -0.1) is 6.58 Å². The zero-order valence-electron chi connectivity index (χ0n) is 22.9. The van der Waals surface area contributed by atoms with Gasteiger partial charge in [-0.1, -0.05) is 52.3 Å². The second-order valence-corrected chi connectivity index (χ2v) is 10.7. The second-order valence-electron chi connectivity index (χ2n) is 9.81. The molecule has 0 aliphatic rings. The number of alkyl halides is 3. The van der Waals surface area contributed by atoms with E-state index in [9.17, 15) is 27.6 Å². The Balaban J connectivity index is 2.65. The van der Waals surface area contributed by atoms with E-state index < -0.39 is 59.6 Å². The molecule has 224 valence electrons. The number of carbonyl (C=O) groups is 3. The van der Waals surface area contributed by atoms with Crippen LogP contribution in [0.3, 0.4) is 0 Å². The van der Waals surface area contributed by atoms with Crippen molar-refractivity contribution in [1.29, 1.82) is 0 Å². The van der Waals surface area contributed by atoms with Gasteiger partial charge in [-0.25, -0.2) is 9.18 Å². The molecule has 2 amide bonds. The van der Waals surface area contributed by atoms with Crippen LogP contribution < -0.4 is 15.0 Å². The summed E-state index contributed by atoms with van der Waals surface area (Å²) in [6.45, 7) is 7.14. The molecule has 0 radical (unpaired) electrons. The molecular formula is C28H31BrF4N2O6. The van der Waals surface area contributed by atoms with Crippen molar-refractivity contribution >= 4 is 39.6 Å². The quantitative estimate of drug-likeness (QED) is 0.176. The Hall–Kier alpha value is -3.61. The average Bonchev–Trinajstić information content (AvgIpc) is 2.87. The Kier molecular flexibility index (Phi) is 11.7. The summed E-state index contributed by atoms with van der Waals surface area (Å²) >= 11 is 3.24. The van der Waals surface area contributed by atoms with Crippen molar-refractivity contribution in [3.8, 4) is 5.75 Å². The van der Waals surface area contributed by atoms with E-state index in [0.29, 0.717) is 5.56 Å². The third-order valence-corrected chi connectivity index (χ3v) is 6.09. The first-order valence-electron chi connectivity index (χ1n) is 12.3. The number of carbonyl (C=O) groups excluding carboxylic acids is 3. The number of nitrogens with zero attached hydrogens (tertiary/aromatic N) is 1. The number of halogens is 5. The molecule has 1 N–H and O–H groups in total. The monoisotopic (exact) mass is 646 g/mol. The predicted molar refractivity (Wildman–Crippen MR) is 147 cm³/mol. The highest BCUT2D eigenvalue weighted by atomic mass is 79.9. The highest BCUT2D eigenvalue weighted by molar-refractivity contribution is 9.10. The van der Waals surface area contributed by atoms with Crippen molar-refractivity contribution < 1.29 is 46.2 Å². The minimum atomic E-state index is -5.46. The fourth-order valence-electron chi connectivity index (χ4n) is 3.62. The zero-order chi connectivity index (χ0) is 31.0. The Morgan fingerprint density at radius 3 is 2.32 bits per heavy atom. The molecule has 41 heavy (non-hydrogen) atoms. The fraction of sp³-hybridized carbons (Fsp3) is 0.393. The summed E-state index contributed by atoms with van der Waals surface area (Å²) in [5, 5.41) is 2.59. The van der Waals surface area contributed by atoms with Gasteiger partial charge in [-0.3, -0.25) is 14.5 Å². The van der Waals surface area contributed by atoms with Gasteiger partial charge in [-0.05, 0) is 45.2 Å². The molecule has 0 saturated carbocycles. The predicted octanol–water partition coefficient (Wildman–Crippen LogP) is 6.25. The zero-order valence-corrected chi connectivity index (χ0v) is 24.5. The van der Waals surface area contributed by atoms with Crippen LogP contribution in [0.2, 0.25) is 0 Å². The molecule has 2 aromatic rings. The maximum Gasteiger partial charge on any atom is 0.471 e. The summed E-state index contributed by atoms with van der Waals surface area (Å²) in [4.78, 5) is 36.8. The number of benzene rings is 2. The lowest BCUT2D eigenvalue weighted by Gasteiger charge is -2.28. The van der Waals surface area contributed by atoms with E-state index in [0.717, 1.165) is 7.11 Å². The van der Waals surface area contributed by atoms with Crippen LogP contribution in [0.1, 0.15) is 38.3 Å². The van der Waals surface area contributed by atoms with Gasteiger partial charge in [0.1, 0.15) is 30.2 Å². The molecule has 0 bridgehead atoms.